The summed E-state index contributed by atoms with van der Waals surface area (Å²) in [5.74, 6) is 6.97. The maximum atomic E-state index is 13.0. The van der Waals surface area contributed by atoms with Crippen molar-refractivity contribution < 1.29 is 33.5 Å². The highest BCUT2D eigenvalue weighted by Gasteiger charge is 2.46. The van der Waals surface area contributed by atoms with Crippen molar-refractivity contribution in [1.82, 2.24) is 10.8 Å². The van der Waals surface area contributed by atoms with Crippen LogP contribution < -0.4 is 10.8 Å². The van der Waals surface area contributed by atoms with E-state index in [9.17, 15) is 28.3 Å². The largest absolute Gasteiger partial charge is 0.381 e. The summed E-state index contributed by atoms with van der Waals surface area (Å²) < 4.78 is 25.9. The molecule has 0 fully saturated rings. The number of rotatable bonds is 5. The minimum Gasteiger partial charge on any atom is -0.381 e. The van der Waals surface area contributed by atoms with Crippen molar-refractivity contribution in [2.24, 2.45) is 0 Å². The second-order valence-electron chi connectivity index (χ2n) is 5.54. The summed E-state index contributed by atoms with van der Waals surface area (Å²) in [6.07, 6.45) is -3.37. The Morgan fingerprint density at radius 1 is 1.15 bits per heavy atom. The molecule has 27 heavy (non-hydrogen) atoms. The van der Waals surface area contributed by atoms with Crippen molar-refractivity contribution in [2.75, 3.05) is 0 Å². The topological polar surface area (TPSA) is 116 Å². The number of amides is 2. The molecule has 4 N–H and O–H groups in total. The van der Waals surface area contributed by atoms with Gasteiger partial charge in [0.05, 0.1) is 0 Å². The average Bonchev–Trinajstić information content (AvgIpc) is 2.62. The van der Waals surface area contributed by atoms with Crippen LogP contribution in [0.4, 0.5) is 8.78 Å². The lowest BCUT2D eigenvalue weighted by atomic mass is 9.95. The van der Waals surface area contributed by atoms with Crippen molar-refractivity contribution in [3.05, 3.63) is 35.4 Å². The molecule has 1 aromatic rings. The number of hydrogen-bond acceptors (Lipinski definition) is 5. The molecule has 0 heterocycles. The van der Waals surface area contributed by atoms with Crippen molar-refractivity contribution in [2.45, 2.75) is 31.9 Å². The fourth-order valence-corrected chi connectivity index (χ4v) is 1.81. The normalized spacial score (nSPS) is 13.1. The molecule has 0 aromatic heterocycles. The minimum absolute atomic E-state index is 0.00354. The van der Waals surface area contributed by atoms with Crippen LogP contribution in [-0.4, -0.2) is 46.0 Å². The first-order chi connectivity index (χ1) is 12.6. The number of carbonyl (C=O) groups excluding carboxylic acids is 3. The Morgan fingerprint density at radius 2 is 1.74 bits per heavy atom. The molecule has 0 aliphatic carbocycles. The number of hydroxylamine groups is 1. The van der Waals surface area contributed by atoms with Crippen molar-refractivity contribution in [3.63, 3.8) is 0 Å². The first kappa shape index (κ1) is 21.8. The summed E-state index contributed by atoms with van der Waals surface area (Å²) in [4.78, 5) is 34.4. The Labute approximate surface area is 153 Å². The van der Waals surface area contributed by atoms with E-state index < -0.39 is 29.9 Å². The maximum Gasteiger partial charge on any atom is 0.269 e. The molecule has 1 rings (SSSR count). The number of hydrogen-bond donors (Lipinski definition) is 4. The van der Waals surface area contributed by atoms with Gasteiger partial charge in [0.25, 0.3) is 18.2 Å². The second kappa shape index (κ2) is 9.43. The number of nitrogens with one attached hydrogen (secondary N) is 2. The van der Waals surface area contributed by atoms with Gasteiger partial charge in [0.15, 0.2) is 5.60 Å². The van der Waals surface area contributed by atoms with Crippen LogP contribution in [0.1, 0.15) is 29.8 Å². The molecule has 2 atom stereocenters. The molecule has 0 spiro atoms. The molecule has 7 nitrogen and oxygen atoms in total. The van der Waals surface area contributed by atoms with Gasteiger partial charge in [0.1, 0.15) is 6.04 Å². The molecule has 2 amide bonds. The van der Waals surface area contributed by atoms with Gasteiger partial charge in [-0.05, 0) is 49.0 Å². The highest BCUT2D eigenvalue weighted by atomic mass is 19.3. The van der Waals surface area contributed by atoms with E-state index in [4.69, 9.17) is 5.21 Å². The predicted octanol–water partition coefficient (Wildman–Crippen LogP) is 0.250. The molecule has 9 heteroatoms. The van der Waals surface area contributed by atoms with Crippen LogP contribution in [0.5, 0.6) is 0 Å². The Morgan fingerprint density at radius 3 is 2.22 bits per heavy atom. The lowest BCUT2D eigenvalue weighted by Crippen LogP contribution is -2.61. The summed E-state index contributed by atoms with van der Waals surface area (Å²) in [6.45, 7) is 1.94. The first-order valence-electron chi connectivity index (χ1n) is 7.47. The molecule has 0 saturated carbocycles. The van der Waals surface area contributed by atoms with Crippen LogP contribution in [0.15, 0.2) is 24.3 Å². The number of aliphatic hydroxyl groups is 1. The average molecular weight is 378 g/mol. The molecule has 0 radical (unpaired) electrons. The van der Waals surface area contributed by atoms with Gasteiger partial charge < -0.3 is 10.4 Å². The highest BCUT2D eigenvalue weighted by Crippen LogP contribution is 2.20. The number of halogens is 2. The Kier molecular flexibility index (Phi) is 7.61. The zero-order valence-corrected chi connectivity index (χ0v) is 14.3. The smallest absolute Gasteiger partial charge is 0.269 e. The number of carbonyl (C=O) groups is 3. The highest BCUT2D eigenvalue weighted by molar-refractivity contribution is 5.98. The van der Waals surface area contributed by atoms with Gasteiger partial charge in [-0.3, -0.25) is 19.6 Å². The van der Waals surface area contributed by atoms with Crippen LogP contribution in [0.25, 0.3) is 0 Å². The molecular weight excluding hydrogens is 362 g/mol. The van der Waals surface area contributed by atoms with E-state index in [2.05, 4.69) is 23.7 Å². The number of benzene rings is 1. The van der Waals surface area contributed by atoms with Crippen molar-refractivity contribution in [1.29, 1.82) is 0 Å². The molecule has 0 aliphatic heterocycles. The van der Waals surface area contributed by atoms with Gasteiger partial charge in [-0.25, -0.2) is 14.3 Å². The monoisotopic (exact) mass is 378 g/mol. The standard InChI is InChI=1S/C18H16F2N2O5/c1-11(23)5-3-4-6-12-7-9-13(10-8-12)15(24)21-14(16(25)22-27)18(2,26)17(19)20/h7-10,14,17,26-27H,1-2H3,(H,21,24)(H,22,25)/t14-,18+/m1/s1. The molecule has 0 aliphatic rings. The Bertz CT molecular complexity index is 842. The quantitative estimate of drug-likeness (QED) is 0.254. The Hall–Kier alpha value is -3.27. The van der Waals surface area contributed by atoms with Gasteiger partial charge in [-0.2, -0.15) is 0 Å². The summed E-state index contributed by atoms with van der Waals surface area (Å²) in [5, 5.41) is 20.4. The predicted molar refractivity (Wildman–Crippen MR) is 89.6 cm³/mol. The van der Waals surface area contributed by atoms with E-state index in [-0.39, 0.29) is 11.3 Å². The van der Waals surface area contributed by atoms with E-state index >= 15 is 0 Å². The summed E-state index contributed by atoms with van der Waals surface area (Å²) in [5.41, 5.74) is -1.32. The second-order valence-corrected chi connectivity index (χ2v) is 5.54. The summed E-state index contributed by atoms with van der Waals surface area (Å²) in [7, 11) is 0. The van der Waals surface area contributed by atoms with Crippen LogP contribution in [0.3, 0.4) is 0 Å². The van der Waals surface area contributed by atoms with Crippen LogP contribution >= 0.6 is 0 Å². The van der Waals surface area contributed by atoms with Crippen molar-refractivity contribution in [3.8, 4) is 23.7 Å². The van der Waals surface area contributed by atoms with E-state index in [1.54, 1.807) is 0 Å². The van der Waals surface area contributed by atoms with E-state index in [1.165, 1.54) is 31.2 Å². The minimum atomic E-state index is -3.37. The number of alkyl halides is 2. The van der Waals surface area contributed by atoms with E-state index in [0.29, 0.717) is 12.5 Å². The van der Waals surface area contributed by atoms with Gasteiger partial charge >= 0.3 is 0 Å². The van der Waals surface area contributed by atoms with Gasteiger partial charge in [0.2, 0.25) is 5.78 Å². The molecule has 0 bridgehead atoms. The molecule has 0 saturated heterocycles. The summed E-state index contributed by atoms with van der Waals surface area (Å²) in [6, 6.07) is 3.38. The molecule has 1 aromatic carbocycles. The molecule has 0 unspecified atom stereocenters. The van der Waals surface area contributed by atoms with Gasteiger partial charge in [-0.1, -0.05) is 5.92 Å². The van der Waals surface area contributed by atoms with Crippen LogP contribution in [0, 0.1) is 23.7 Å². The number of Topliss-reactive ketones (excluding diaryl/α,β-unsaturated/α-hetero) is 1. The summed E-state index contributed by atoms with van der Waals surface area (Å²) >= 11 is 0. The zero-order chi connectivity index (χ0) is 20.6. The van der Waals surface area contributed by atoms with Gasteiger partial charge in [0, 0.05) is 18.1 Å². The maximum absolute atomic E-state index is 13.0. The zero-order valence-electron chi connectivity index (χ0n) is 14.3. The van der Waals surface area contributed by atoms with Crippen LogP contribution in [0.2, 0.25) is 0 Å². The van der Waals surface area contributed by atoms with Crippen molar-refractivity contribution >= 4 is 17.6 Å². The third-order valence-corrected chi connectivity index (χ3v) is 3.33. The third-order valence-electron chi connectivity index (χ3n) is 3.33. The lowest BCUT2D eigenvalue weighted by Gasteiger charge is -2.30. The fourth-order valence-electron chi connectivity index (χ4n) is 1.81. The Balaban J connectivity index is 2.96. The number of ketones is 1. The van der Waals surface area contributed by atoms with Gasteiger partial charge in [-0.15, -0.1) is 0 Å². The molecular formula is C18H16F2N2O5. The van der Waals surface area contributed by atoms with E-state index in [0.717, 1.165) is 5.48 Å². The van der Waals surface area contributed by atoms with Crippen LogP contribution in [-0.2, 0) is 9.59 Å². The lowest BCUT2D eigenvalue weighted by molar-refractivity contribution is -0.149. The first-order valence-corrected chi connectivity index (χ1v) is 7.47. The third kappa shape index (κ3) is 6.19. The van der Waals surface area contributed by atoms with E-state index in [1.807, 2.05) is 5.32 Å². The fraction of sp³-hybridized carbons (Fsp3) is 0.278. The molecule has 142 valence electrons. The SMILES string of the molecule is CC(=O)C#CC#Cc1ccc(C(=O)N[C@H](C(=O)NO)[C@](C)(O)C(F)F)cc1.